The van der Waals surface area contributed by atoms with E-state index in [4.69, 9.17) is 20.9 Å². The van der Waals surface area contributed by atoms with Crippen LogP contribution >= 0.6 is 0 Å². The second-order valence-corrected chi connectivity index (χ2v) is 11.7. The maximum absolute atomic E-state index is 16.6. The van der Waals surface area contributed by atoms with E-state index in [0.717, 1.165) is 58.0 Å². The first-order valence-corrected chi connectivity index (χ1v) is 14.7. The Kier molecular flexibility index (Phi) is 6.91. The smallest absolute Gasteiger partial charge is 0.317 e. The van der Waals surface area contributed by atoms with Crippen molar-refractivity contribution in [1.29, 1.82) is 0 Å². The topological polar surface area (TPSA) is 80.6 Å². The molecule has 0 aliphatic carbocycles. The van der Waals surface area contributed by atoms with Crippen LogP contribution in [-0.4, -0.2) is 63.4 Å². The molecular formula is C33H32F2N4O3. The van der Waals surface area contributed by atoms with Crippen molar-refractivity contribution in [1.82, 2.24) is 19.9 Å². The molecule has 9 heteroatoms. The third-order valence-electron chi connectivity index (χ3n) is 9.26. The van der Waals surface area contributed by atoms with Crippen LogP contribution in [0.15, 0.2) is 30.5 Å². The second kappa shape index (κ2) is 10.8. The van der Waals surface area contributed by atoms with E-state index >= 15 is 4.39 Å². The first-order valence-electron chi connectivity index (χ1n) is 14.7. The van der Waals surface area contributed by atoms with E-state index in [1.807, 2.05) is 0 Å². The van der Waals surface area contributed by atoms with Crippen molar-refractivity contribution in [2.75, 3.05) is 32.9 Å². The van der Waals surface area contributed by atoms with Crippen molar-refractivity contribution in [3.05, 3.63) is 53.4 Å². The van der Waals surface area contributed by atoms with Gasteiger partial charge in [0, 0.05) is 41.7 Å². The van der Waals surface area contributed by atoms with Crippen molar-refractivity contribution in [2.24, 2.45) is 0 Å². The molecule has 42 heavy (non-hydrogen) atoms. The molecule has 3 aliphatic heterocycles. The van der Waals surface area contributed by atoms with Gasteiger partial charge in [-0.2, -0.15) is 9.97 Å². The number of ether oxygens (including phenoxy) is 2. The Labute approximate surface area is 242 Å². The number of hydrogen-bond donors (Lipinski definition) is 1. The number of hydrogen-bond acceptors (Lipinski definition) is 7. The third kappa shape index (κ3) is 4.54. The Hall–Kier alpha value is -3.87. The van der Waals surface area contributed by atoms with Crippen LogP contribution in [0.5, 0.6) is 11.8 Å². The molecule has 4 aromatic rings. The molecule has 0 amide bonds. The molecule has 216 valence electrons. The lowest BCUT2D eigenvalue weighted by atomic mass is 9.93. The van der Waals surface area contributed by atoms with Gasteiger partial charge in [-0.1, -0.05) is 12.0 Å². The van der Waals surface area contributed by atoms with Crippen LogP contribution in [-0.2, 0) is 4.74 Å². The van der Waals surface area contributed by atoms with Gasteiger partial charge in [0.05, 0.1) is 16.8 Å². The molecule has 0 spiro atoms. The van der Waals surface area contributed by atoms with Crippen molar-refractivity contribution >= 4 is 21.7 Å². The molecule has 3 fully saturated rings. The molecule has 3 saturated heterocycles. The van der Waals surface area contributed by atoms with E-state index < -0.39 is 11.6 Å². The van der Waals surface area contributed by atoms with E-state index in [2.05, 4.69) is 20.8 Å². The summed E-state index contributed by atoms with van der Waals surface area (Å²) in [6.45, 7) is 3.85. The SMILES string of the molecule is C#Cc1c(F)ccc2cc(O)cc(-c3ncc4c(C5CCCOCC5)nc(OCC56CCCN5CCC6)nc4c3F)c12. The number of terminal acetylenes is 1. The summed E-state index contributed by atoms with van der Waals surface area (Å²) in [5, 5.41) is 11.8. The van der Waals surface area contributed by atoms with Crippen LogP contribution in [0.25, 0.3) is 32.9 Å². The molecule has 0 bridgehead atoms. The minimum atomic E-state index is -0.702. The fraction of sp³-hybridized carbons (Fsp3) is 0.424. The average molecular weight is 571 g/mol. The Morgan fingerprint density at radius 1 is 1.10 bits per heavy atom. The minimum Gasteiger partial charge on any atom is -0.508 e. The number of aromatic hydroxyl groups is 1. The number of fused-ring (bicyclic) bond motifs is 3. The fourth-order valence-corrected chi connectivity index (χ4v) is 7.21. The minimum absolute atomic E-state index is 0.0211. The van der Waals surface area contributed by atoms with E-state index in [1.54, 1.807) is 6.20 Å². The van der Waals surface area contributed by atoms with Crippen LogP contribution in [0.4, 0.5) is 8.78 Å². The molecule has 7 rings (SSSR count). The number of pyridine rings is 1. The lowest BCUT2D eigenvalue weighted by molar-refractivity contribution is 0.107. The van der Waals surface area contributed by atoms with Gasteiger partial charge in [-0.25, -0.2) is 8.78 Å². The van der Waals surface area contributed by atoms with Crippen molar-refractivity contribution < 1.29 is 23.4 Å². The summed E-state index contributed by atoms with van der Waals surface area (Å²) in [7, 11) is 0. The van der Waals surface area contributed by atoms with Crippen molar-refractivity contribution in [3.8, 4) is 35.4 Å². The average Bonchev–Trinajstić information content (AvgIpc) is 3.45. The van der Waals surface area contributed by atoms with E-state index in [9.17, 15) is 9.50 Å². The normalized spacial score (nSPS) is 20.5. The zero-order valence-electron chi connectivity index (χ0n) is 23.3. The molecule has 0 saturated carbocycles. The van der Waals surface area contributed by atoms with Gasteiger partial charge in [0.2, 0.25) is 0 Å². The predicted molar refractivity (Wildman–Crippen MR) is 155 cm³/mol. The quantitative estimate of drug-likeness (QED) is 0.291. The maximum Gasteiger partial charge on any atom is 0.317 e. The number of aromatic nitrogens is 3. The van der Waals surface area contributed by atoms with Gasteiger partial charge in [0.25, 0.3) is 0 Å². The molecule has 0 radical (unpaired) electrons. The van der Waals surface area contributed by atoms with Crippen LogP contribution in [0, 0.1) is 24.0 Å². The van der Waals surface area contributed by atoms with Gasteiger partial charge in [0.1, 0.15) is 29.4 Å². The molecule has 2 aromatic heterocycles. The zero-order chi connectivity index (χ0) is 28.8. The largest absolute Gasteiger partial charge is 0.508 e. The second-order valence-electron chi connectivity index (χ2n) is 11.7. The highest BCUT2D eigenvalue weighted by atomic mass is 19.1. The Bertz CT molecular complexity index is 1720. The van der Waals surface area contributed by atoms with Crippen LogP contribution in [0.3, 0.4) is 0 Å². The van der Waals surface area contributed by atoms with Crippen LogP contribution in [0.2, 0.25) is 0 Å². The molecule has 1 N–H and O–H groups in total. The number of halogens is 2. The summed E-state index contributed by atoms with van der Waals surface area (Å²) < 4.78 is 43.4. The van der Waals surface area contributed by atoms with Gasteiger partial charge >= 0.3 is 6.01 Å². The first kappa shape index (κ1) is 27.0. The van der Waals surface area contributed by atoms with E-state index in [1.165, 1.54) is 24.3 Å². The summed E-state index contributed by atoms with van der Waals surface area (Å²) in [6, 6.07) is 5.70. The summed E-state index contributed by atoms with van der Waals surface area (Å²) in [5.74, 6) is 0.989. The Balaban J connectivity index is 1.39. The lowest BCUT2D eigenvalue weighted by Gasteiger charge is -2.31. The van der Waals surface area contributed by atoms with Gasteiger partial charge in [-0.3, -0.25) is 9.88 Å². The highest BCUT2D eigenvalue weighted by Crippen LogP contribution is 2.41. The highest BCUT2D eigenvalue weighted by Gasteiger charge is 2.45. The number of benzene rings is 2. The van der Waals surface area contributed by atoms with Gasteiger partial charge < -0.3 is 14.6 Å². The van der Waals surface area contributed by atoms with E-state index in [0.29, 0.717) is 41.7 Å². The number of phenols is 1. The summed E-state index contributed by atoms with van der Waals surface area (Å²) in [6.07, 6.45) is 14.1. The standard InChI is InChI=1S/C33H32F2N4O3/c1-2-23-26(34)8-7-21-16-22(40)17-24(27(21)23)30-28(35)31-25(18-36-30)29(20-6-3-14-41-15-9-20)37-32(38-31)42-19-33-10-4-12-39(33)13-5-11-33/h1,7-8,16-18,20,40H,3-6,9-15,19H2. The molecule has 5 heterocycles. The summed E-state index contributed by atoms with van der Waals surface area (Å²) in [4.78, 5) is 16.4. The monoisotopic (exact) mass is 570 g/mol. The molecule has 2 aromatic carbocycles. The first-order chi connectivity index (χ1) is 20.5. The predicted octanol–water partition coefficient (Wildman–Crippen LogP) is 6.10. The van der Waals surface area contributed by atoms with E-state index in [-0.39, 0.29) is 45.6 Å². The molecule has 1 atom stereocenters. The Morgan fingerprint density at radius 3 is 2.74 bits per heavy atom. The number of phenolic OH excluding ortho intramolecular Hbond substituents is 1. The highest BCUT2D eigenvalue weighted by molar-refractivity contribution is 6.02. The third-order valence-corrected chi connectivity index (χ3v) is 9.26. The van der Waals surface area contributed by atoms with Gasteiger partial charge in [-0.05, 0) is 81.6 Å². The molecular weight excluding hydrogens is 538 g/mol. The number of nitrogens with zero attached hydrogens (tertiary/aromatic N) is 4. The summed E-state index contributed by atoms with van der Waals surface area (Å²) >= 11 is 0. The van der Waals surface area contributed by atoms with Crippen molar-refractivity contribution in [2.45, 2.75) is 56.4 Å². The van der Waals surface area contributed by atoms with Crippen LogP contribution < -0.4 is 4.74 Å². The molecule has 3 aliphatic rings. The van der Waals surface area contributed by atoms with Crippen LogP contribution in [0.1, 0.15) is 62.1 Å². The maximum atomic E-state index is 16.6. The lowest BCUT2D eigenvalue weighted by Crippen LogP contribution is -2.43. The number of rotatable bonds is 5. The van der Waals surface area contributed by atoms with Gasteiger partial charge in [0.15, 0.2) is 5.82 Å². The molecule has 1 unspecified atom stereocenters. The van der Waals surface area contributed by atoms with Gasteiger partial charge in [-0.15, -0.1) is 6.42 Å². The fourth-order valence-electron chi connectivity index (χ4n) is 7.21. The van der Waals surface area contributed by atoms with Crippen molar-refractivity contribution in [3.63, 3.8) is 0 Å². The molecule has 7 nitrogen and oxygen atoms in total. The zero-order valence-corrected chi connectivity index (χ0v) is 23.3. The summed E-state index contributed by atoms with van der Waals surface area (Å²) in [5.41, 5.74) is 0.837. The Morgan fingerprint density at radius 2 is 1.93 bits per heavy atom.